The predicted octanol–water partition coefficient (Wildman–Crippen LogP) is 0.867. The Morgan fingerprint density at radius 2 is 2.00 bits per heavy atom. The van der Waals surface area contributed by atoms with Crippen LogP contribution in [-0.2, 0) is 14.3 Å². The molecule has 0 saturated carbocycles. The van der Waals surface area contributed by atoms with Gasteiger partial charge in [0.05, 0.1) is 12.6 Å². The summed E-state index contributed by atoms with van der Waals surface area (Å²) in [5.74, 6) is -0.110. The van der Waals surface area contributed by atoms with Crippen molar-refractivity contribution in [2.75, 3.05) is 6.61 Å². The highest BCUT2D eigenvalue weighted by Crippen LogP contribution is 2.12. The molecule has 0 bridgehead atoms. The van der Waals surface area contributed by atoms with Crippen molar-refractivity contribution in [2.45, 2.75) is 45.4 Å². The van der Waals surface area contributed by atoms with E-state index in [1.165, 1.54) is 0 Å². The van der Waals surface area contributed by atoms with Crippen molar-refractivity contribution in [1.29, 1.82) is 0 Å². The monoisotopic (exact) mass is 215 g/mol. The van der Waals surface area contributed by atoms with Gasteiger partial charge < -0.3 is 14.8 Å². The number of amides is 1. The molecule has 1 aliphatic heterocycles. The van der Waals surface area contributed by atoms with Crippen LogP contribution in [0.1, 0.15) is 27.7 Å². The Balaban J connectivity index is 2.33. The van der Waals surface area contributed by atoms with Crippen molar-refractivity contribution in [3.8, 4) is 0 Å². The number of carbonyl (C=O) groups excluding carboxylic acids is 2. The number of epoxide rings is 1. The van der Waals surface area contributed by atoms with Gasteiger partial charge in [-0.05, 0) is 27.7 Å². The van der Waals surface area contributed by atoms with Crippen LogP contribution < -0.4 is 5.32 Å². The van der Waals surface area contributed by atoms with Crippen LogP contribution in [0.15, 0.2) is 0 Å². The smallest absolute Gasteiger partial charge is 0.408 e. The lowest BCUT2D eigenvalue weighted by atomic mass is 10.1. The molecule has 0 aromatic carbocycles. The molecule has 1 aliphatic rings. The van der Waals surface area contributed by atoms with Gasteiger partial charge in [-0.15, -0.1) is 0 Å². The zero-order valence-electron chi connectivity index (χ0n) is 9.49. The number of nitrogens with one attached hydrogen (secondary N) is 1. The predicted molar refractivity (Wildman–Crippen MR) is 53.6 cm³/mol. The highest BCUT2D eigenvalue weighted by Gasteiger charge is 2.35. The fraction of sp³-hybridized carbons (Fsp3) is 0.800. The lowest BCUT2D eigenvalue weighted by molar-refractivity contribution is -0.121. The van der Waals surface area contributed by atoms with Crippen LogP contribution in [0.4, 0.5) is 4.79 Å². The first kappa shape index (κ1) is 12.0. The van der Waals surface area contributed by atoms with E-state index < -0.39 is 17.7 Å². The number of hydrogen-bond donors (Lipinski definition) is 1. The molecule has 1 heterocycles. The van der Waals surface area contributed by atoms with Gasteiger partial charge in [0.25, 0.3) is 0 Å². The van der Waals surface area contributed by atoms with E-state index in [9.17, 15) is 9.59 Å². The molecule has 0 spiro atoms. The number of rotatable bonds is 3. The van der Waals surface area contributed by atoms with E-state index in [0.29, 0.717) is 6.61 Å². The highest BCUT2D eigenvalue weighted by atomic mass is 16.6. The van der Waals surface area contributed by atoms with E-state index in [4.69, 9.17) is 9.47 Å². The molecule has 5 heteroatoms. The van der Waals surface area contributed by atoms with Crippen molar-refractivity contribution < 1.29 is 19.1 Å². The quantitative estimate of drug-likeness (QED) is 0.709. The van der Waals surface area contributed by atoms with Crippen LogP contribution in [0.3, 0.4) is 0 Å². The third-order valence-electron chi connectivity index (χ3n) is 1.81. The van der Waals surface area contributed by atoms with E-state index in [2.05, 4.69) is 5.32 Å². The topological polar surface area (TPSA) is 67.9 Å². The summed E-state index contributed by atoms with van der Waals surface area (Å²) in [5.41, 5.74) is -0.553. The summed E-state index contributed by atoms with van der Waals surface area (Å²) in [6.45, 7) is 7.38. The summed E-state index contributed by atoms with van der Waals surface area (Å²) in [6.07, 6.45) is -0.918. The molecule has 1 unspecified atom stereocenters. The Kier molecular flexibility index (Phi) is 3.34. The minimum Gasteiger partial charge on any atom is -0.444 e. The summed E-state index contributed by atoms with van der Waals surface area (Å²) < 4.78 is 9.85. The van der Waals surface area contributed by atoms with Crippen molar-refractivity contribution in [2.24, 2.45) is 0 Å². The normalized spacial score (nSPS) is 21.7. The van der Waals surface area contributed by atoms with Gasteiger partial charge in [-0.2, -0.15) is 0 Å². The fourth-order valence-electron chi connectivity index (χ4n) is 1.05. The molecule has 86 valence electrons. The van der Waals surface area contributed by atoms with Crippen LogP contribution in [0.2, 0.25) is 0 Å². The van der Waals surface area contributed by atoms with Crippen molar-refractivity contribution >= 4 is 11.9 Å². The van der Waals surface area contributed by atoms with Gasteiger partial charge in [0.15, 0.2) is 5.78 Å². The van der Waals surface area contributed by atoms with Crippen molar-refractivity contribution in [3.63, 3.8) is 0 Å². The second-order valence-corrected chi connectivity index (χ2v) is 4.59. The fourth-order valence-corrected chi connectivity index (χ4v) is 1.05. The lowest BCUT2D eigenvalue weighted by Gasteiger charge is -2.21. The highest BCUT2D eigenvalue weighted by molar-refractivity contribution is 5.92. The van der Waals surface area contributed by atoms with Gasteiger partial charge >= 0.3 is 6.09 Å². The number of hydrogen-bond acceptors (Lipinski definition) is 4. The second kappa shape index (κ2) is 4.18. The van der Waals surface area contributed by atoms with Crippen LogP contribution in [-0.4, -0.2) is 36.2 Å². The molecule has 1 N–H and O–H groups in total. The van der Waals surface area contributed by atoms with E-state index >= 15 is 0 Å². The summed E-state index contributed by atoms with van der Waals surface area (Å²) in [7, 11) is 0. The molecule has 1 fully saturated rings. The standard InChI is InChI=1S/C10H17NO4/c1-6(8(12)7-5-14-7)11-9(13)15-10(2,3)4/h6-7H,5H2,1-4H3,(H,11,13)/t6-,7?/m0/s1. The molecule has 0 aromatic rings. The summed E-state index contributed by atoms with van der Waals surface area (Å²) in [4.78, 5) is 22.7. The van der Waals surface area contributed by atoms with Crippen molar-refractivity contribution in [3.05, 3.63) is 0 Å². The molecule has 1 rings (SSSR count). The molecule has 0 aromatic heterocycles. The average molecular weight is 215 g/mol. The lowest BCUT2D eigenvalue weighted by Crippen LogP contribution is -2.43. The summed E-state index contributed by atoms with van der Waals surface area (Å²) in [6, 6.07) is -0.563. The first-order chi connectivity index (χ1) is 6.79. The Morgan fingerprint density at radius 1 is 1.47 bits per heavy atom. The summed E-state index contributed by atoms with van der Waals surface area (Å²) >= 11 is 0. The minimum atomic E-state index is -0.580. The zero-order valence-corrected chi connectivity index (χ0v) is 9.49. The largest absolute Gasteiger partial charge is 0.444 e. The van der Waals surface area contributed by atoms with E-state index in [-0.39, 0.29) is 11.9 Å². The van der Waals surface area contributed by atoms with Crippen molar-refractivity contribution in [1.82, 2.24) is 5.32 Å². The molecule has 1 amide bonds. The number of ether oxygens (including phenoxy) is 2. The Hall–Kier alpha value is -1.10. The Morgan fingerprint density at radius 3 is 2.40 bits per heavy atom. The molecule has 2 atom stereocenters. The van der Waals surface area contributed by atoms with Gasteiger partial charge in [0.1, 0.15) is 11.7 Å². The van der Waals surface area contributed by atoms with Gasteiger partial charge in [-0.1, -0.05) is 0 Å². The van der Waals surface area contributed by atoms with E-state index in [1.54, 1.807) is 27.7 Å². The zero-order chi connectivity index (χ0) is 11.6. The van der Waals surface area contributed by atoms with Gasteiger partial charge in [-0.25, -0.2) is 4.79 Å². The average Bonchev–Trinajstić information content (AvgIpc) is 2.80. The van der Waals surface area contributed by atoms with Gasteiger partial charge in [-0.3, -0.25) is 4.79 Å². The Labute approximate surface area is 89.1 Å². The number of carbonyl (C=O) groups is 2. The molecule has 1 saturated heterocycles. The minimum absolute atomic E-state index is 0.110. The van der Waals surface area contributed by atoms with Gasteiger partial charge in [0.2, 0.25) is 0 Å². The Bertz CT molecular complexity index is 265. The van der Waals surface area contributed by atoms with Gasteiger partial charge in [0, 0.05) is 0 Å². The molecular formula is C10H17NO4. The maximum absolute atomic E-state index is 11.4. The van der Waals surface area contributed by atoms with Crippen LogP contribution in [0.25, 0.3) is 0 Å². The van der Waals surface area contributed by atoms with Crippen LogP contribution in [0.5, 0.6) is 0 Å². The SMILES string of the molecule is C[C@H](NC(=O)OC(C)(C)C)C(=O)C1CO1. The maximum Gasteiger partial charge on any atom is 0.408 e. The molecule has 15 heavy (non-hydrogen) atoms. The third kappa shape index (κ3) is 4.29. The maximum atomic E-state index is 11.4. The first-order valence-electron chi connectivity index (χ1n) is 4.94. The molecule has 5 nitrogen and oxygen atoms in total. The number of Topliss-reactive ketones (excluding diaryl/α,β-unsaturated/α-hetero) is 1. The first-order valence-corrected chi connectivity index (χ1v) is 4.94. The number of alkyl carbamates (subject to hydrolysis) is 1. The van der Waals surface area contributed by atoms with E-state index in [0.717, 1.165) is 0 Å². The van der Waals surface area contributed by atoms with Crippen LogP contribution >= 0.6 is 0 Å². The van der Waals surface area contributed by atoms with Crippen LogP contribution in [0, 0.1) is 0 Å². The molecule has 0 aliphatic carbocycles. The molecule has 0 radical (unpaired) electrons. The summed E-state index contributed by atoms with van der Waals surface area (Å²) in [5, 5.41) is 2.47. The third-order valence-corrected chi connectivity index (χ3v) is 1.81. The second-order valence-electron chi connectivity index (χ2n) is 4.59. The number of ketones is 1. The molecular weight excluding hydrogens is 198 g/mol. The van der Waals surface area contributed by atoms with E-state index in [1.807, 2.05) is 0 Å².